The minimum absolute atomic E-state index is 0.0145. The van der Waals surface area contributed by atoms with E-state index in [9.17, 15) is 9.90 Å². The summed E-state index contributed by atoms with van der Waals surface area (Å²) in [6.45, 7) is 0.491. The second kappa shape index (κ2) is 7.19. The summed E-state index contributed by atoms with van der Waals surface area (Å²) in [5.41, 5.74) is 1.67. The standard InChI is InChI=1S/C16H18N2O3/c1-17-16(20)11-21-14-7-4-6-13(9-14)18-10-12-5-2-3-8-15(12)19/h2-9,18-19H,10-11H2,1H3,(H,17,20). The zero-order valence-corrected chi connectivity index (χ0v) is 11.8. The number of nitrogens with one attached hydrogen (secondary N) is 2. The Morgan fingerprint density at radius 3 is 2.76 bits per heavy atom. The first-order valence-electron chi connectivity index (χ1n) is 6.63. The maximum Gasteiger partial charge on any atom is 0.257 e. The Balaban J connectivity index is 1.95. The molecule has 5 nitrogen and oxygen atoms in total. The maximum atomic E-state index is 11.1. The van der Waals surface area contributed by atoms with Crippen molar-refractivity contribution in [3.63, 3.8) is 0 Å². The lowest BCUT2D eigenvalue weighted by Gasteiger charge is -2.10. The molecule has 0 unspecified atom stereocenters. The van der Waals surface area contributed by atoms with E-state index in [0.717, 1.165) is 11.3 Å². The molecule has 2 aromatic carbocycles. The molecule has 3 N–H and O–H groups in total. The zero-order chi connectivity index (χ0) is 15.1. The zero-order valence-electron chi connectivity index (χ0n) is 11.8. The molecule has 0 aliphatic heterocycles. The fraction of sp³-hybridized carbons (Fsp3) is 0.188. The molecule has 0 aliphatic carbocycles. The molecule has 0 heterocycles. The van der Waals surface area contributed by atoms with Gasteiger partial charge in [0.15, 0.2) is 6.61 Å². The van der Waals surface area contributed by atoms with Crippen LogP contribution in [0.4, 0.5) is 5.69 Å². The quantitative estimate of drug-likeness (QED) is 0.761. The average molecular weight is 286 g/mol. The van der Waals surface area contributed by atoms with E-state index in [2.05, 4.69) is 10.6 Å². The number of likely N-dealkylation sites (N-methyl/N-ethyl adjacent to an activating group) is 1. The monoisotopic (exact) mass is 286 g/mol. The third-order valence-electron chi connectivity index (χ3n) is 2.96. The van der Waals surface area contributed by atoms with Crippen LogP contribution in [0.1, 0.15) is 5.56 Å². The molecule has 0 aliphatic rings. The van der Waals surface area contributed by atoms with Crippen LogP contribution in [0.15, 0.2) is 48.5 Å². The van der Waals surface area contributed by atoms with Gasteiger partial charge in [0, 0.05) is 30.9 Å². The van der Waals surface area contributed by atoms with E-state index >= 15 is 0 Å². The van der Waals surface area contributed by atoms with Crippen molar-refractivity contribution >= 4 is 11.6 Å². The maximum absolute atomic E-state index is 11.1. The van der Waals surface area contributed by atoms with E-state index in [1.165, 1.54) is 0 Å². The summed E-state index contributed by atoms with van der Waals surface area (Å²) < 4.78 is 5.37. The van der Waals surface area contributed by atoms with Crippen molar-refractivity contribution in [2.75, 3.05) is 19.0 Å². The number of aromatic hydroxyl groups is 1. The summed E-state index contributed by atoms with van der Waals surface area (Å²) in [6.07, 6.45) is 0. The number of amides is 1. The Morgan fingerprint density at radius 1 is 1.19 bits per heavy atom. The normalized spacial score (nSPS) is 9.95. The molecule has 0 aromatic heterocycles. The molecule has 110 valence electrons. The minimum Gasteiger partial charge on any atom is -0.508 e. The Morgan fingerprint density at radius 2 is 2.00 bits per heavy atom. The van der Waals surface area contributed by atoms with Crippen molar-refractivity contribution in [1.29, 1.82) is 0 Å². The second-order valence-corrected chi connectivity index (χ2v) is 4.47. The van der Waals surface area contributed by atoms with E-state index < -0.39 is 0 Å². The van der Waals surface area contributed by atoms with Gasteiger partial charge in [0.1, 0.15) is 11.5 Å². The molecule has 0 spiro atoms. The summed E-state index contributed by atoms with van der Waals surface area (Å²) >= 11 is 0. The van der Waals surface area contributed by atoms with Gasteiger partial charge in [-0.25, -0.2) is 0 Å². The van der Waals surface area contributed by atoms with Crippen LogP contribution in [0.2, 0.25) is 0 Å². The molecule has 2 aromatic rings. The van der Waals surface area contributed by atoms with Crippen LogP contribution in [0.3, 0.4) is 0 Å². The molecule has 21 heavy (non-hydrogen) atoms. The van der Waals surface area contributed by atoms with Crippen molar-refractivity contribution in [3.8, 4) is 11.5 Å². The Labute approximate surface area is 123 Å². The molecule has 0 atom stereocenters. The molecule has 0 saturated carbocycles. The van der Waals surface area contributed by atoms with Crippen LogP contribution < -0.4 is 15.4 Å². The number of ether oxygens (including phenoxy) is 1. The summed E-state index contributed by atoms with van der Waals surface area (Å²) in [6, 6.07) is 14.5. The SMILES string of the molecule is CNC(=O)COc1cccc(NCc2ccccc2O)c1. The average Bonchev–Trinajstić information content (AvgIpc) is 2.52. The van der Waals surface area contributed by atoms with E-state index in [1.807, 2.05) is 30.3 Å². The lowest BCUT2D eigenvalue weighted by Crippen LogP contribution is -2.24. The number of rotatable bonds is 6. The third-order valence-corrected chi connectivity index (χ3v) is 2.96. The highest BCUT2D eigenvalue weighted by atomic mass is 16.5. The molecule has 0 bridgehead atoms. The number of hydrogen-bond acceptors (Lipinski definition) is 4. The lowest BCUT2D eigenvalue weighted by molar-refractivity contribution is -0.122. The molecular weight excluding hydrogens is 268 g/mol. The molecule has 0 radical (unpaired) electrons. The topological polar surface area (TPSA) is 70.6 Å². The number of phenolic OH excluding ortho intramolecular Hbond substituents is 1. The molecule has 0 fully saturated rings. The van der Waals surface area contributed by atoms with Crippen molar-refractivity contribution in [2.45, 2.75) is 6.54 Å². The molecule has 5 heteroatoms. The molecular formula is C16H18N2O3. The van der Waals surface area contributed by atoms with Gasteiger partial charge in [-0.15, -0.1) is 0 Å². The Hall–Kier alpha value is -2.69. The van der Waals surface area contributed by atoms with Gasteiger partial charge in [-0.3, -0.25) is 4.79 Å². The smallest absolute Gasteiger partial charge is 0.257 e. The van der Waals surface area contributed by atoms with E-state index in [1.54, 1.807) is 25.2 Å². The van der Waals surface area contributed by atoms with E-state index in [0.29, 0.717) is 12.3 Å². The van der Waals surface area contributed by atoms with Crippen molar-refractivity contribution in [1.82, 2.24) is 5.32 Å². The van der Waals surface area contributed by atoms with Crippen LogP contribution in [0, 0.1) is 0 Å². The van der Waals surface area contributed by atoms with Gasteiger partial charge in [0.25, 0.3) is 5.91 Å². The van der Waals surface area contributed by atoms with Gasteiger partial charge in [0.05, 0.1) is 0 Å². The molecule has 2 rings (SSSR count). The minimum atomic E-state index is -0.178. The summed E-state index contributed by atoms with van der Waals surface area (Å²) in [7, 11) is 1.57. The largest absolute Gasteiger partial charge is 0.508 e. The fourth-order valence-corrected chi connectivity index (χ4v) is 1.77. The number of carbonyl (C=O) groups is 1. The summed E-state index contributed by atoms with van der Waals surface area (Å²) in [5.74, 6) is 0.695. The number of para-hydroxylation sites is 1. The Bertz CT molecular complexity index is 614. The lowest BCUT2D eigenvalue weighted by atomic mass is 10.2. The summed E-state index contributed by atoms with van der Waals surface area (Å²) in [4.78, 5) is 11.1. The highest BCUT2D eigenvalue weighted by Crippen LogP contribution is 2.20. The third kappa shape index (κ3) is 4.42. The van der Waals surface area contributed by atoms with Crippen LogP contribution in [0.25, 0.3) is 0 Å². The fourth-order valence-electron chi connectivity index (χ4n) is 1.77. The van der Waals surface area contributed by atoms with Crippen LogP contribution >= 0.6 is 0 Å². The first-order chi connectivity index (χ1) is 10.2. The summed E-state index contributed by atoms with van der Waals surface area (Å²) in [5, 5.41) is 15.4. The first-order valence-corrected chi connectivity index (χ1v) is 6.63. The highest BCUT2D eigenvalue weighted by molar-refractivity contribution is 5.77. The van der Waals surface area contributed by atoms with Crippen molar-refractivity contribution in [3.05, 3.63) is 54.1 Å². The van der Waals surface area contributed by atoms with Gasteiger partial charge in [0.2, 0.25) is 0 Å². The van der Waals surface area contributed by atoms with Crippen molar-refractivity contribution < 1.29 is 14.6 Å². The van der Waals surface area contributed by atoms with Gasteiger partial charge in [-0.05, 0) is 18.2 Å². The second-order valence-electron chi connectivity index (χ2n) is 4.47. The molecule has 0 saturated heterocycles. The number of hydrogen-bond donors (Lipinski definition) is 3. The van der Waals surface area contributed by atoms with Crippen LogP contribution in [-0.2, 0) is 11.3 Å². The van der Waals surface area contributed by atoms with E-state index in [4.69, 9.17) is 4.74 Å². The number of carbonyl (C=O) groups excluding carboxylic acids is 1. The van der Waals surface area contributed by atoms with E-state index in [-0.39, 0.29) is 18.3 Å². The van der Waals surface area contributed by atoms with Gasteiger partial charge in [-0.2, -0.15) is 0 Å². The predicted molar refractivity (Wildman–Crippen MR) is 81.4 cm³/mol. The number of phenols is 1. The number of benzene rings is 2. The van der Waals surface area contributed by atoms with Gasteiger partial charge < -0.3 is 20.5 Å². The van der Waals surface area contributed by atoms with Crippen molar-refractivity contribution in [2.24, 2.45) is 0 Å². The first kappa shape index (κ1) is 14.7. The van der Waals surface area contributed by atoms with Gasteiger partial charge >= 0.3 is 0 Å². The van der Waals surface area contributed by atoms with Crippen LogP contribution in [0.5, 0.6) is 11.5 Å². The number of anilines is 1. The predicted octanol–water partition coefficient (Wildman–Crippen LogP) is 2.13. The molecule has 1 amide bonds. The van der Waals surface area contributed by atoms with Crippen LogP contribution in [-0.4, -0.2) is 24.7 Å². The highest BCUT2D eigenvalue weighted by Gasteiger charge is 2.02. The van der Waals surface area contributed by atoms with Gasteiger partial charge in [-0.1, -0.05) is 24.3 Å². The Kier molecular flexibility index (Phi) is 5.04.